The molecule has 6 heteroatoms. The van der Waals surface area contributed by atoms with Gasteiger partial charge in [0.1, 0.15) is 0 Å². The topological polar surface area (TPSA) is 83.7 Å². The number of carbonyl (C=O) groups is 1. The van der Waals surface area contributed by atoms with Gasteiger partial charge in [-0.1, -0.05) is 12.1 Å². The van der Waals surface area contributed by atoms with Crippen LogP contribution < -0.4 is 0 Å². The van der Waals surface area contributed by atoms with Crippen molar-refractivity contribution in [2.24, 2.45) is 0 Å². The molecule has 0 unspecified atom stereocenters. The summed E-state index contributed by atoms with van der Waals surface area (Å²) in [5, 5.41) is 19.4. The minimum absolute atomic E-state index is 0.122. The second kappa shape index (κ2) is 6.84. The Balaban J connectivity index is 2.64. The van der Waals surface area contributed by atoms with E-state index in [2.05, 4.69) is 0 Å². The van der Waals surface area contributed by atoms with E-state index in [4.69, 9.17) is 5.11 Å². The van der Waals surface area contributed by atoms with E-state index < -0.39 is 5.97 Å². The number of hydrogen-bond donors (Lipinski definition) is 1. The third-order valence-electron chi connectivity index (χ3n) is 2.98. The van der Waals surface area contributed by atoms with E-state index in [1.54, 1.807) is 13.0 Å². The first-order valence-electron chi connectivity index (χ1n) is 6.05. The van der Waals surface area contributed by atoms with E-state index in [1.807, 2.05) is 18.0 Å². The maximum atomic E-state index is 10.8. The number of nitrogens with zero attached hydrogens (tertiary/aromatic N) is 2. The van der Waals surface area contributed by atoms with E-state index in [1.165, 1.54) is 6.07 Å². The molecule has 0 radical (unpaired) electrons. The molecule has 19 heavy (non-hydrogen) atoms. The number of nitro benzene ring substituents is 1. The van der Waals surface area contributed by atoms with Gasteiger partial charge in [-0.25, -0.2) is 0 Å². The highest BCUT2D eigenvalue weighted by molar-refractivity contribution is 5.66. The molecular weight excluding hydrogens is 248 g/mol. The molecule has 1 rings (SSSR count). The van der Waals surface area contributed by atoms with Gasteiger partial charge in [0.2, 0.25) is 0 Å². The van der Waals surface area contributed by atoms with Crippen molar-refractivity contribution in [2.45, 2.75) is 26.3 Å². The van der Waals surface area contributed by atoms with E-state index in [0.717, 1.165) is 5.56 Å². The van der Waals surface area contributed by atoms with Gasteiger partial charge in [0.15, 0.2) is 0 Å². The maximum absolute atomic E-state index is 10.8. The molecule has 0 bridgehead atoms. The van der Waals surface area contributed by atoms with Crippen LogP contribution in [0, 0.1) is 17.0 Å². The zero-order valence-electron chi connectivity index (χ0n) is 11.1. The molecule has 1 N–H and O–H groups in total. The van der Waals surface area contributed by atoms with Gasteiger partial charge in [-0.05, 0) is 32.5 Å². The van der Waals surface area contributed by atoms with Gasteiger partial charge >= 0.3 is 5.97 Å². The van der Waals surface area contributed by atoms with E-state index in [9.17, 15) is 14.9 Å². The Hall–Kier alpha value is -1.95. The number of carboxylic acid groups (broad SMARTS) is 1. The lowest BCUT2D eigenvalue weighted by molar-refractivity contribution is -0.385. The van der Waals surface area contributed by atoms with Crippen molar-refractivity contribution in [1.82, 2.24) is 4.90 Å². The molecule has 0 atom stereocenters. The second-order valence-electron chi connectivity index (χ2n) is 4.55. The van der Waals surface area contributed by atoms with Crippen molar-refractivity contribution in [3.63, 3.8) is 0 Å². The standard InChI is InChI=1S/C13H18N2O4/c1-10-11(5-3-6-12(10)15(18)19)9-14(2)8-4-7-13(16)17/h3,5-6H,4,7-9H2,1-2H3,(H,16,17). The lowest BCUT2D eigenvalue weighted by Crippen LogP contribution is -2.20. The summed E-state index contributed by atoms with van der Waals surface area (Å²) in [6.45, 7) is 2.96. The van der Waals surface area contributed by atoms with Gasteiger partial charge in [0.25, 0.3) is 5.69 Å². The van der Waals surface area contributed by atoms with Crippen LogP contribution in [0.3, 0.4) is 0 Å². The highest BCUT2D eigenvalue weighted by Crippen LogP contribution is 2.21. The summed E-state index contributed by atoms with van der Waals surface area (Å²) < 4.78 is 0. The Labute approximate surface area is 111 Å². The molecule has 0 spiro atoms. The second-order valence-corrected chi connectivity index (χ2v) is 4.55. The van der Waals surface area contributed by atoms with Crippen LogP contribution in [0.1, 0.15) is 24.0 Å². The summed E-state index contributed by atoms with van der Waals surface area (Å²) in [5.74, 6) is -0.806. The molecule has 6 nitrogen and oxygen atoms in total. The Kier molecular flexibility index (Phi) is 5.44. The molecule has 0 saturated heterocycles. The lowest BCUT2D eigenvalue weighted by Gasteiger charge is -2.17. The average molecular weight is 266 g/mol. The van der Waals surface area contributed by atoms with Crippen molar-refractivity contribution in [1.29, 1.82) is 0 Å². The molecule has 0 aliphatic heterocycles. The predicted octanol–water partition coefficient (Wildman–Crippen LogP) is 2.20. The molecule has 0 fully saturated rings. The van der Waals surface area contributed by atoms with E-state index >= 15 is 0 Å². The summed E-state index contributed by atoms with van der Waals surface area (Å²) in [6.07, 6.45) is 0.706. The number of hydrogen-bond acceptors (Lipinski definition) is 4. The number of aliphatic carboxylic acids is 1. The Morgan fingerprint density at radius 1 is 1.47 bits per heavy atom. The third-order valence-corrected chi connectivity index (χ3v) is 2.98. The fourth-order valence-corrected chi connectivity index (χ4v) is 1.91. The molecule has 0 aliphatic rings. The predicted molar refractivity (Wildman–Crippen MR) is 71.0 cm³/mol. The summed E-state index contributed by atoms with van der Waals surface area (Å²) in [4.78, 5) is 22.8. The van der Waals surface area contributed by atoms with Crippen LogP contribution >= 0.6 is 0 Å². The van der Waals surface area contributed by atoms with E-state index in [0.29, 0.717) is 25.1 Å². The first-order chi connectivity index (χ1) is 8.91. The molecule has 0 aliphatic carbocycles. The van der Waals surface area contributed by atoms with Crippen LogP contribution in [0.25, 0.3) is 0 Å². The van der Waals surface area contributed by atoms with Crippen molar-refractivity contribution < 1.29 is 14.8 Å². The van der Waals surface area contributed by atoms with Crippen LogP contribution in [0.2, 0.25) is 0 Å². The van der Waals surface area contributed by atoms with Crippen molar-refractivity contribution in [3.05, 3.63) is 39.4 Å². The Morgan fingerprint density at radius 2 is 2.16 bits per heavy atom. The first-order valence-corrected chi connectivity index (χ1v) is 6.05. The summed E-state index contributed by atoms with van der Waals surface area (Å²) in [5.41, 5.74) is 1.68. The number of nitro groups is 1. The third kappa shape index (κ3) is 4.67. The average Bonchev–Trinajstić information content (AvgIpc) is 2.31. The number of benzene rings is 1. The van der Waals surface area contributed by atoms with Crippen molar-refractivity contribution in [3.8, 4) is 0 Å². The fourth-order valence-electron chi connectivity index (χ4n) is 1.91. The summed E-state index contributed by atoms with van der Waals surface area (Å²) in [6, 6.07) is 5.02. The molecule has 1 aromatic rings. The molecule has 104 valence electrons. The Bertz CT molecular complexity index is 474. The minimum Gasteiger partial charge on any atom is -0.481 e. The van der Waals surface area contributed by atoms with Crippen LogP contribution in [0.15, 0.2) is 18.2 Å². The molecule has 0 amide bonds. The van der Waals surface area contributed by atoms with Crippen LogP contribution in [-0.4, -0.2) is 34.5 Å². The number of carboxylic acids is 1. The van der Waals surface area contributed by atoms with Crippen LogP contribution in [-0.2, 0) is 11.3 Å². The van der Waals surface area contributed by atoms with Crippen LogP contribution in [0.5, 0.6) is 0 Å². The van der Waals surface area contributed by atoms with E-state index in [-0.39, 0.29) is 17.0 Å². The monoisotopic (exact) mass is 266 g/mol. The summed E-state index contributed by atoms with van der Waals surface area (Å²) >= 11 is 0. The van der Waals surface area contributed by atoms with Gasteiger partial charge in [-0.15, -0.1) is 0 Å². The zero-order chi connectivity index (χ0) is 14.4. The largest absolute Gasteiger partial charge is 0.481 e. The lowest BCUT2D eigenvalue weighted by atomic mass is 10.1. The molecular formula is C13H18N2O4. The SMILES string of the molecule is Cc1c(CN(C)CCCC(=O)O)cccc1[N+](=O)[O-]. The van der Waals surface area contributed by atoms with Gasteiger partial charge < -0.3 is 10.0 Å². The van der Waals surface area contributed by atoms with Crippen molar-refractivity contribution in [2.75, 3.05) is 13.6 Å². The van der Waals surface area contributed by atoms with Crippen molar-refractivity contribution >= 4 is 11.7 Å². The zero-order valence-corrected chi connectivity index (χ0v) is 11.1. The van der Waals surface area contributed by atoms with Crippen LogP contribution in [0.4, 0.5) is 5.69 Å². The van der Waals surface area contributed by atoms with Gasteiger partial charge in [-0.2, -0.15) is 0 Å². The highest BCUT2D eigenvalue weighted by atomic mass is 16.6. The smallest absolute Gasteiger partial charge is 0.303 e. The molecule has 0 aromatic heterocycles. The molecule has 0 saturated carbocycles. The molecule has 0 heterocycles. The Morgan fingerprint density at radius 3 is 2.74 bits per heavy atom. The maximum Gasteiger partial charge on any atom is 0.303 e. The highest BCUT2D eigenvalue weighted by Gasteiger charge is 2.14. The van der Waals surface area contributed by atoms with Gasteiger partial charge in [-0.3, -0.25) is 14.9 Å². The normalized spacial score (nSPS) is 10.7. The number of rotatable bonds is 7. The van der Waals surface area contributed by atoms with Gasteiger partial charge in [0.05, 0.1) is 4.92 Å². The molecule has 1 aromatic carbocycles. The summed E-state index contributed by atoms with van der Waals surface area (Å²) in [7, 11) is 1.88. The first kappa shape index (κ1) is 15.1. The van der Waals surface area contributed by atoms with Gasteiger partial charge in [0, 0.05) is 24.6 Å². The minimum atomic E-state index is -0.806. The fraction of sp³-hybridized carbons (Fsp3) is 0.462. The quantitative estimate of drug-likeness (QED) is 0.604.